The van der Waals surface area contributed by atoms with E-state index in [9.17, 15) is 9.59 Å². The lowest BCUT2D eigenvalue weighted by molar-refractivity contribution is -0.140. The largest absolute Gasteiger partial charge is 0.458 e. The van der Waals surface area contributed by atoms with Gasteiger partial charge in [0.05, 0.1) is 0 Å². The van der Waals surface area contributed by atoms with Gasteiger partial charge in [-0.1, -0.05) is 56.1 Å². The second kappa shape index (κ2) is 11.1. The maximum atomic E-state index is 11.0. The van der Waals surface area contributed by atoms with Crippen LogP contribution in [0.4, 0.5) is 0 Å². The number of hydrogen-bond donors (Lipinski definition) is 0. The molecule has 0 aliphatic carbocycles. The molecule has 0 heterocycles. The van der Waals surface area contributed by atoms with Crippen LogP contribution in [-0.4, -0.2) is 18.5 Å². The SMILES string of the molecule is C=C(C)C(=O)OCc1ccccc1.C=CCOC(=O)C(=C)C. The van der Waals surface area contributed by atoms with E-state index in [0.29, 0.717) is 17.8 Å². The van der Waals surface area contributed by atoms with Crippen molar-refractivity contribution in [2.45, 2.75) is 20.5 Å². The molecule has 118 valence electrons. The molecule has 0 aliphatic rings. The van der Waals surface area contributed by atoms with Crippen molar-refractivity contribution in [3.63, 3.8) is 0 Å². The molecule has 1 aromatic rings. The van der Waals surface area contributed by atoms with Gasteiger partial charge in [0.15, 0.2) is 0 Å². The van der Waals surface area contributed by atoms with Crippen LogP contribution >= 0.6 is 0 Å². The molecule has 0 saturated carbocycles. The predicted octanol–water partition coefficient (Wildman–Crippen LogP) is 3.60. The summed E-state index contributed by atoms with van der Waals surface area (Å²) in [5.74, 6) is -0.709. The number of rotatable bonds is 6. The molecular weight excluding hydrogens is 280 g/mol. The normalized spacial score (nSPS) is 8.82. The molecule has 0 bridgehead atoms. The van der Waals surface area contributed by atoms with Crippen LogP contribution in [-0.2, 0) is 25.7 Å². The van der Waals surface area contributed by atoms with Gasteiger partial charge in [0.25, 0.3) is 0 Å². The molecule has 4 heteroatoms. The third-order valence-corrected chi connectivity index (χ3v) is 2.24. The highest BCUT2D eigenvalue weighted by Gasteiger charge is 2.02. The van der Waals surface area contributed by atoms with Gasteiger partial charge in [0.1, 0.15) is 13.2 Å². The lowest BCUT2D eigenvalue weighted by Crippen LogP contribution is -2.04. The van der Waals surface area contributed by atoms with Gasteiger partial charge >= 0.3 is 11.9 Å². The molecule has 0 N–H and O–H groups in total. The van der Waals surface area contributed by atoms with Crippen LogP contribution in [0.15, 0.2) is 67.3 Å². The summed E-state index contributed by atoms with van der Waals surface area (Å²) in [5, 5.41) is 0. The van der Waals surface area contributed by atoms with E-state index in [0.717, 1.165) is 5.56 Å². The van der Waals surface area contributed by atoms with E-state index in [1.807, 2.05) is 30.3 Å². The topological polar surface area (TPSA) is 52.6 Å². The third-order valence-electron chi connectivity index (χ3n) is 2.24. The maximum absolute atomic E-state index is 11.0. The summed E-state index contributed by atoms with van der Waals surface area (Å²) in [6, 6.07) is 9.55. The minimum Gasteiger partial charge on any atom is -0.458 e. The number of esters is 2. The third kappa shape index (κ3) is 9.31. The summed E-state index contributed by atoms with van der Waals surface area (Å²) in [5.41, 5.74) is 1.82. The molecular formula is C18H22O4. The Morgan fingerprint density at radius 1 is 1.00 bits per heavy atom. The van der Waals surface area contributed by atoms with E-state index in [4.69, 9.17) is 4.74 Å². The van der Waals surface area contributed by atoms with Gasteiger partial charge in [-0.2, -0.15) is 0 Å². The number of carbonyl (C=O) groups excluding carboxylic acids is 2. The Balaban J connectivity index is 0.000000433. The summed E-state index contributed by atoms with van der Waals surface area (Å²) in [4.78, 5) is 21.5. The van der Waals surface area contributed by atoms with Crippen molar-refractivity contribution < 1.29 is 19.1 Å². The summed E-state index contributed by atoms with van der Waals surface area (Å²) in [7, 11) is 0. The van der Waals surface area contributed by atoms with Gasteiger partial charge in [0, 0.05) is 11.1 Å². The molecule has 1 aromatic carbocycles. The van der Waals surface area contributed by atoms with Crippen molar-refractivity contribution in [3.05, 3.63) is 72.9 Å². The summed E-state index contributed by atoms with van der Waals surface area (Å²) >= 11 is 0. The van der Waals surface area contributed by atoms with Crippen LogP contribution in [0.5, 0.6) is 0 Å². The van der Waals surface area contributed by atoms with Crippen LogP contribution in [0.3, 0.4) is 0 Å². The van der Waals surface area contributed by atoms with E-state index < -0.39 is 0 Å². The number of hydrogen-bond acceptors (Lipinski definition) is 4. The first-order valence-corrected chi connectivity index (χ1v) is 6.68. The van der Waals surface area contributed by atoms with Crippen LogP contribution in [0.1, 0.15) is 19.4 Å². The summed E-state index contributed by atoms with van der Waals surface area (Å²) in [6.45, 7) is 14.1. The summed E-state index contributed by atoms with van der Waals surface area (Å²) < 4.78 is 9.55. The second-order valence-corrected chi connectivity index (χ2v) is 4.51. The van der Waals surface area contributed by atoms with Crippen molar-refractivity contribution >= 4 is 11.9 Å². The fourth-order valence-electron chi connectivity index (χ4n) is 1.10. The van der Waals surface area contributed by atoms with Crippen molar-refractivity contribution in [1.29, 1.82) is 0 Å². The fourth-order valence-corrected chi connectivity index (χ4v) is 1.10. The minimum absolute atomic E-state index is 0.256. The maximum Gasteiger partial charge on any atom is 0.333 e. The molecule has 0 aliphatic heterocycles. The highest BCUT2D eigenvalue weighted by molar-refractivity contribution is 5.87. The Hall–Kier alpha value is -2.62. The first-order valence-electron chi connectivity index (χ1n) is 6.68. The summed E-state index contributed by atoms with van der Waals surface area (Å²) in [6.07, 6.45) is 1.51. The molecule has 0 saturated heterocycles. The van der Waals surface area contributed by atoms with E-state index in [2.05, 4.69) is 24.5 Å². The Morgan fingerprint density at radius 2 is 1.50 bits per heavy atom. The molecule has 1 rings (SSSR count). The Labute approximate surface area is 131 Å². The van der Waals surface area contributed by atoms with Crippen LogP contribution in [0, 0.1) is 0 Å². The number of benzene rings is 1. The first kappa shape index (κ1) is 19.4. The average Bonchev–Trinajstić information content (AvgIpc) is 2.51. The van der Waals surface area contributed by atoms with Crippen molar-refractivity contribution in [3.8, 4) is 0 Å². The molecule has 0 spiro atoms. The number of ether oxygens (including phenoxy) is 2. The Kier molecular flexibility index (Phi) is 9.76. The molecule has 22 heavy (non-hydrogen) atoms. The predicted molar refractivity (Wildman–Crippen MR) is 87.0 cm³/mol. The van der Waals surface area contributed by atoms with Crippen molar-refractivity contribution in [1.82, 2.24) is 0 Å². The molecule has 0 amide bonds. The van der Waals surface area contributed by atoms with E-state index in [-0.39, 0.29) is 18.5 Å². The standard InChI is InChI=1S/C11H12O2.C7H10O2/c1-9(2)11(12)13-8-10-6-4-3-5-7-10;1-4-5-9-7(8)6(2)3/h3-7H,1,8H2,2H3;4H,1-2,5H2,3H3. The minimum atomic E-state index is -0.366. The Bertz CT molecular complexity index is 529. The molecule has 4 nitrogen and oxygen atoms in total. The monoisotopic (exact) mass is 302 g/mol. The van der Waals surface area contributed by atoms with Crippen molar-refractivity contribution in [2.24, 2.45) is 0 Å². The zero-order valence-electron chi connectivity index (χ0n) is 13.1. The lowest BCUT2D eigenvalue weighted by Gasteiger charge is -2.03. The highest BCUT2D eigenvalue weighted by Crippen LogP contribution is 2.02. The van der Waals surface area contributed by atoms with Gasteiger partial charge in [0.2, 0.25) is 0 Å². The molecule has 0 unspecified atom stereocenters. The number of carbonyl (C=O) groups is 2. The van der Waals surface area contributed by atoms with E-state index >= 15 is 0 Å². The Morgan fingerprint density at radius 3 is 1.95 bits per heavy atom. The quantitative estimate of drug-likeness (QED) is 0.458. The van der Waals surface area contributed by atoms with Gasteiger partial charge in [-0.25, -0.2) is 9.59 Å². The van der Waals surface area contributed by atoms with Gasteiger partial charge in [-0.05, 0) is 19.4 Å². The van der Waals surface area contributed by atoms with Gasteiger partial charge < -0.3 is 9.47 Å². The highest BCUT2D eigenvalue weighted by atomic mass is 16.5. The van der Waals surface area contributed by atoms with E-state index in [1.165, 1.54) is 6.08 Å². The van der Waals surface area contributed by atoms with E-state index in [1.54, 1.807) is 13.8 Å². The molecule has 0 aromatic heterocycles. The zero-order valence-corrected chi connectivity index (χ0v) is 13.1. The van der Waals surface area contributed by atoms with Crippen molar-refractivity contribution in [2.75, 3.05) is 6.61 Å². The average molecular weight is 302 g/mol. The fraction of sp³-hybridized carbons (Fsp3) is 0.222. The lowest BCUT2D eigenvalue weighted by atomic mass is 10.2. The van der Waals surface area contributed by atoms with Crippen LogP contribution in [0.25, 0.3) is 0 Å². The molecule has 0 radical (unpaired) electrons. The van der Waals surface area contributed by atoms with Gasteiger partial charge in [-0.15, -0.1) is 0 Å². The first-order chi connectivity index (χ1) is 10.4. The zero-order chi connectivity index (χ0) is 17.0. The second-order valence-electron chi connectivity index (χ2n) is 4.51. The van der Waals surface area contributed by atoms with Crippen LogP contribution in [0.2, 0.25) is 0 Å². The molecule has 0 fully saturated rings. The smallest absolute Gasteiger partial charge is 0.333 e. The van der Waals surface area contributed by atoms with Crippen LogP contribution < -0.4 is 0 Å². The molecule has 0 atom stereocenters. The van der Waals surface area contributed by atoms with Gasteiger partial charge in [-0.3, -0.25) is 0 Å².